The number of hydrogen-bond acceptors (Lipinski definition) is 6. The molecule has 8 heteroatoms. The third kappa shape index (κ3) is 5.05. The minimum Gasteiger partial charge on any atom is -0.504 e. The van der Waals surface area contributed by atoms with Crippen molar-refractivity contribution in [1.29, 1.82) is 0 Å². The zero-order valence-corrected chi connectivity index (χ0v) is 21.5. The molecule has 0 radical (unpaired) electrons. The van der Waals surface area contributed by atoms with Crippen LogP contribution < -0.4 is 4.90 Å². The van der Waals surface area contributed by atoms with E-state index in [4.69, 9.17) is 16.3 Å². The standard InChI is InChI=1S/C29H31ClFN3O3/c30-24-14-21(15-25(31)29(24)36)20-3-4-26-22(13-20)27(23(16-32-26)28(35)19-1-2-19)34-7-5-18(6-8-34)17-33-9-11-37-12-10-33/h3-4,13-16,18-19,36H,1-2,5-12,17H2. The first-order chi connectivity index (χ1) is 18.0. The number of phenols is 1. The molecule has 3 aromatic rings. The van der Waals surface area contributed by atoms with Gasteiger partial charge >= 0.3 is 0 Å². The van der Waals surface area contributed by atoms with Crippen LogP contribution in [0.2, 0.25) is 5.02 Å². The molecule has 1 saturated carbocycles. The van der Waals surface area contributed by atoms with Crippen molar-refractivity contribution in [3.05, 3.63) is 52.9 Å². The number of phenolic OH excluding ortho intramolecular Hbond substituents is 1. The number of aromatic nitrogens is 1. The van der Waals surface area contributed by atoms with E-state index < -0.39 is 11.6 Å². The fraction of sp³-hybridized carbons (Fsp3) is 0.448. The Bertz CT molecular complexity index is 1310. The zero-order chi connectivity index (χ0) is 25.5. The average molecular weight is 524 g/mol. The largest absolute Gasteiger partial charge is 0.504 e. The molecule has 194 valence electrons. The third-order valence-corrected chi connectivity index (χ3v) is 8.24. The molecule has 0 unspecified atom stereocenters. The Kier molecular flexibility index (Phi) is 6.78. The van der Waals surface area contributed by atoms with Crippen LogP contribution in [0, 0.1) is 17.7 Å². The van der Waals surface area contributed by atoms with Gasteiger partial charge in [-0.3, -0.25) is 14.7 Å². The highest BCUT2D eigenvalue weighted by Crippen LogP contribution is 2.41. The van der Waals surface area contributed by atoms with Gasteiger partial charge in [0.15, 0.2) is 17.3 Å². The van der Waals surface area contributed by atoms with E-state index in [9.17, 15) is 14.3 Å². The lowest BCUT2D eigenvalue weighted by atomic mass is 9.93. The first kappa shape index (κ1) is 24.6. The molecule has 3 fully saturated rings. The summed E-state index contributed by atoms with van der Waals surface area (Å²) in [5.41, 5.74) is 3.75. The molecule has 2 aliphatic heterocycles. The fourth-order valence-electron chi connectivity index (χ4n) is 5.66. The molecule has 3 aliphatic rings. The van der Waals surface area contributed by atoms with Gasteiger partial charge in [-0.15, -0.1) is 0 Å². The summed E-state index contributed by atoms with van der Waals surface area (Å²) in [5.74, 6) is -0.427. The maximum Gasteiger partial charge on any atom is 0.170 e. The summed E-state index contributed by atoms with van der Waals surface area (Å²) in [6.45, 7) is 6.48. The molecule has 6 nitrogen and oxygen atoms in total. The number of halogens is 2. The number of anilines is 1. The number of carbonyl (C=O) groups excluding carboxylic acids is 1. The summed E-state index contributed by atoms with van der Waals surface area (Å²) in [7, 11) is 0. The second kappa shape index (κ2) is 10.2. The first-order valence-electron chi connectivity index (χ1n) is 13.2. The van der Waals surface area contributed by atoms with Crippen molar-refractivity contribution in [3.8, 4) is 16.9 Å². The first-order valence-corrected chi connectivity index (χ1v) is 13.6. The van der Waals surface area contributed by atoms with Gasteiger partial charge in [0, 0.05) is 50.2 Å². The van der Waals surface area contributed by atoms with Crippen molar-refractivity contribution in [2.75, 3.05) is 50.8 Å². The lowest BCUT2D eigenvalue weighted by molar-refractivity contribution is 0.0289. The Morgan fingerprint density at radius 3 is 2.51 bits per heavy atom. The molecule has 1 N–H and O–H groups in total. The van der Waals surface area contributed by atoms with Crippen molar-refractivity contribution < 1.29 is 19.0 Å². The second-order valence-electron chi connectivity index (χ2n) is 10.5. The van der Waals surface area contributed by atoms with Gasteiger partial charge in [-0.1, -0.05) is 17.7 Å². The Morgan fingerprint density at radius 1 is 1.05 bits per heavy atom. The highest BCUT2D eigenvalue weighted by molar-refractivity contribution is 6.32. The number of benzene rings is 2. The van der Waals surface area contributed by atoms with Crippen LogP contribution in [-0.4, -0.2) is 66.7 Å². The molecule has 2 saturated heterocycles. The number of hydrogen-bond donors (Lipinski definition) is 1. The van der Waals surface area contributed by atoms with Crippen molar-refractivity contribution >= 4 is 34.0 Å². The van der Waals surface area contributed by atoms with Gasteiger partial charge in [0.05, 0.1) is 35.0 Å². The van der Waals surface area contributed by atoms with Gasteiger partial charge in [-0.2, -0.15) is 0 Å². The number of fused-ring (bicyclic) bond motifs is 1. The smallest absolute Gasteiger partial charge is 0.170 e. The third-order valence-electron chi connectivity index (χ3n) is 7.95. The van der Waals surface area contributed by atoms with Crippen LogP contribution in [0.5, 0.6) is 5.75 Å². The minimum atomic E-state index is -0.763. The Hall–Kier alpha value is -2.74. The number of ketones is 1. The van der Waals surface area contributed by atoms with E-state index in [0.29, 0.717) is 17.0 Å². The van der Waals surface area contributed by atoms with Crippen molar-refractivity contribution in [2.45, 2.75) is 25.7 Å². The normalized spacial score (nSPS) is 19.5. The summed E-state index contributed by atoms with van der Waals surface area (Å²) in [6, 6.07) is 8.60. The number of aromatic hydroxyl groups is 1. The van der Waals surface area contributed by atoms with Crippen LogP contribution in [0.1, 0.15) is 36.0 Å². The summed E-state index contributed by atoms with van der Waals surface area (Å²) >= 11 is 6.07. The van der Waals surface area contributed by atoms with Gasteiger partial charge < -0.3 is 14.7 Å². The lowest BCUT2D eigenvalue weighted by Crippen LogP contribution is -2.43. The molecule has 6 rings (SSSR count). The van der Waals surface area contributed by atoms with Gasteiger partial charge in [0.1, 0.15) is 0 Å². The molecule has 0 amide bonds. The van der Waals surface area contributed by atoms with E-state index >= 15 is 0 Å². The molecule has 37 heavy (non-hydrogen) atoms. The SMILES string of the molecule is O=C(c1cnc2ccc(-c3cc(F)c(O)c(Cl)c3)cc2c1N1CCC(CN2CCOCC2)CC1)C1CC1. The molecule has 1 aromatic heterocycles. The molecule has 0 bridgehead atoms. The predicted molar refractivity (Wildman–Crippen MR) is 143 cm³/mol. The van der Waals surface area contributed by atoms with Gasteiger partial charge in [-0.25, -0.2) is 4.39 Å². The molecular weight excluding hydrogens is 493 g/mol. The summed E-state index contributed by atoms with van der Waals surface area (Å²) in [4.78, 5) is 22.8. The Balaban J connectivity index is 1.35. The van der Waals surface area contributed by atoms with E-state index in [-0.39, 0.29) is 16.7 Å². The van der Waals surface area contributed by atoms with E-state index in [1.165, 1.54) is 6.07 Å². The molecule has 0 atom stereocenters. The molecule has 1 aliphatic carbocycles. The highest BCUT2D eigenvalue weighted by atomic mass is 35.5. The highest BCUT2D eigenvalue weighted by Gasteiger charge is 2.34. The summed E-state index contributed by atoms with van der Waals surface area (Å²) in [5, 5.41) is 10.6. The molecule has 0 spiro atoms. The maximum atomic E-state index is 14.3. The number of pyridine rings is 1. The van der Waals surface area contributed by atoms with Gasteiger partial charge in [0.2, 0.25) is 0 Å². The van der Waals surface area contributed by atoms with Crippen LogP contribution in [0.3, 0.4) is 0 Å². The van der Waals surface area contributed by atoms with Crippen LogP contribution in [0.15, 0.2) is 36.5 Å². The minimum absolute atomic E-state index is 0.0338. The van der Waals surface area contributed by atoms with E-state index in [2.05, 4.69) is 14.8 Å². The molecule has 3 heterocycles. The number of Topliss-reactive ketones (excluding diaryl/α,β-unsaturated/α-hetero) is 1. The van der Waals surface area contributed by atoms with Crippen LogP contribution >= 0.6 is 11.6 Å². The Morgan fingerprint density at radius 2 is 1.81 bits per heavy atom. The number of nitrogens with zero attached hydrogens (tertiary/aromatic N) is 3. The number of ether oxygens (including phenoxy) is 1. The summed E-state index contributed by atoms with van der Waals surface area (Å²) < 4.78 is 19.8. The van der Waals surface area contributed by atoms with Crippen LogP contribution in [0.25, 0.3) is 22.0 Å². The summed E-state index contributed by atoms with van der Waals surface area (Å²) in [6.07, 6.45) is 5.74. The number of carbonyl (C=O) groups is 1. The van der Waals surface area contributed by atoms with Crippen molar-refractivity contribution in [1.82, 2.24) is 9.88 Å². The van der Waals surface area contributed by atoms with Gasteiger partial charge in [-0.05, 0) is 67.0 Å². The number of piperidine rings is 1. The Labute approximate surface area is 221 Å². The zero-order valence-electron chi connectivity index (χ0n) is 20.8. The quantitative estimate of drug-likeness (QED) is 0.428. The average Bonchev–Trinajstić information content (AvgIpc) is 3.77. The van der Waals surface area contributed by atoms with Crippen molar-refractivity contribution in [3.63, 3.8) is 0 Å². The lowest BCUT2D eigenvalue weighted by Gasteiger charge is -2.38. The van der Waals surface area contributed by atoms with E-state index in [0.717, 1.165) is 93.8 Å². The molecular formula is C29H31ClFN3O3. The predicted octanol–water partition coefficient (Wildman–Crippen LogP) is 5.54. The fourth-order valence-corrected chi connectivity index (χ4v) is 5.87. The maximum absolute atomic E-state index is 14.3. The van der Waals surface area contributed by atoms with E-state index in [1.54, 1.807) is 12.3 Å². The molecule has 2 aromatic carbocycles. The van der Waals surface area contributed by atoms with Crippen LogP contribution in [0.4, 0.5) is 10.1 Å². The second-order valence-corrected chi connectivity index (χ2v) is 10.9. The number of rotatable bonds is 6. The van der Waals surface area contributed by atoms with E-state index in [1.807, 2.05) is 18.2 Å². The van der Waals surface area contributed by atoms with Crippen LogP contribution in [-0.2, 0) is 4.74 Å². The number of morpholine rings is 1. The van der Waals surface area contributed by atoms with Gasteiger partial charge in [0.25, 0.3) is 0 Å². The monoisotopic (exact) mass is 523 g/mol. The topological polar surface area (TPSA) is 65.9 Å². The van der Waals surface area contributed by atoms with Crippen molar-refractivity contribution in [2.24, 2.45) is 11.8 Å².